The van der Waals surface area contributed by atoms with E-state index in [1.54, 1.807) is 11.0 Å². The molecule has 1 saturated carbocycles. The van der Waals surface area contributed by atoms with Gasteiger partial charge in [0.05, 0.1) is 6.33 Å². The smallest absolute Gasteiger partial charge is 0.354 e. The first-order chi connectivity index (χ1) is 8.15. The number of aromatic carboxylic acids is 1. The SMILES string of the molecule is C=CCN(C(=O)c1nc[nH]c1C(=O)O)C1CC1. The molecule has 2 N–H and O–H groups in total. The van der Waals surface area contributed by atoms with Crippen molar-refractivity contribution in [2.45, 2.75) is 18.9 Å². The number of carboxylic acids is 1. The lowest BCUT2D eigenvalue weighted by molar-refractivity contribution is 0.0669. The van der Waals surface area contributed by atoms with Crippen LogP contribution in [0.1, 0.15) is 33.8 Å². The molecular formula is C11H13N3O3. The Balaban J connectivity index is 2.25. The number of hydrogen-bond donors (Lipinski definition) is 2. The van der Waals surface area contributed by atoms with Crippen molar-refractivity contribution in [2.75, 3.05) is 6.54 Å². The van der Waals surface area contributed by atoms with Crippen LogP contribution < -0.4 is 0 Å². The van der Waals surface area contributed by atoms with Gasteiger partial charge in [-0.3, -0.25) is 4.79 Å². The number of imidazole rings is 1. The first-order valence-corrected chi connectivity index (χ1v) is 5.33. The third-order valence-electron chi connectivity index (χ3n) is 2.63. The normalized spacial score (nSPS) is 14.4. The molecule has 1 amide bonds. The van der Waals surface area contributed by atoms with E-state index in [0.29, 0.717) is 6.54 Å². The topological polar surface area (TPSA) is 86.3 Å². The summed E-state index contributed by atoms with van der Waals surface area (Å²) in [6.07, 6.45) is 4.75. The summed E-state index contributed by atoms with van der Waals surface area (Å²) in [6.45, 7) is 4.01. The molecule has 1 fully saturated rings. The van der Waals surface area contributed by atoms with Crippen molar-refractivity contribution < 1.29 is 14.7 Å². The van der Waals surface area contributed by atoms with Crippen molar-refractivity contribution in [3.05, 3.63) is 30.4 Å². The second kappa shape index (κ2) is 4.40. The Hall–Kier alpha value is -2.11. The van der Waals surface area contributed by atoms with Gasteiger partial charge in [-0.25, -0.2) is 9.78 Å². The second-order valence-electron chi connectivity index (χ2n) is 3.91. The molecule has 90 valence electrons. The predicted molar refractivity (Wildman–Crippen MR) is 59.8 cm³/mol. The second-order valence-corrected chi connectivity index (χ2v) is 3.91. The van der Waals surface area contributed by atoms with Crippen LogP contribution in [-0.2, 0) is 0 Å². The highest BCUT2D eigenvalue weighted by Crippen LogP contribution is 2.28. The Morgan fingerprint density at radius 3 is 2.88 bits per heavy atom. The maximum Gasteiger partial charge on any atom is 0.354 e. The molecule has 2 rings (SSSR count). The molecule has 17 heavy (non-hydrogen) atoms. The van der Waals surface area contributed by atoms with E-state index < -0.39 is 5.97 Å². The lowest BCUT2D eigenvalue weighted by Gasteiger charge is -2.19. The number of rotatable bonds is 5. The first-order valence-electron chi connectivity index (χ1n) is 5.33. The van der Waals surface area contributed by atoms with E-state index in [0.717, 1.165) is 12.8 Å². The molecule has 0 unspecified atom stereocenters. The van der Waals surface area contributed by atoms with Crippen LogP contribution in [0.15, 0.2) is 19.0 Å². The van der Waals surface area contributed by atoms with Gasteiger partial charge in [-0.2, -0.15) is 0 Å². The van der Waals surface area contributed by atoms with Crippen LogP contribution in [0.3, 0.4) is 0 Å². The highest BCUT2D eigenvalue weighted by molar-refractivity contribution is 6.02. The lowest BCUT2D eigenvalue weighted by atomic mass is 10.2. The maximum absolute atomic E-state index is 12.1. The number of aromatic nitrogens is 2. The Bertz CT molecular complexity index is 462. The van der Waals surface area contributed by atoms with Crippen molar-refractivity contribution in [3.63, 3.8) is 0 Å². The van der Waals surface area contributed by atoms with Crippen LogP contribution in [0.4, 0.5) is 0 Å². The molecule has 0 bridgehead atoms. The molecule has 1 aromatic rings. The van der Waals surface area contributed by atoms with Crippen molar-refractivity contribution in [1.29, 1.82) is 0 Å². The van der Waals surface area contributed by atoms with Gasteiger partial charge in [0, 0.05) is 12.6 Å². The number of nitrogens with one attached hydrogen (secondary N) is 1. The number of amides is 1. The van der Waals surface area contributed by atoms with E-state index in [1.165, 1.54) is 6.33 Å². The fourth-order valence-electron chi connectivity index (χ4n) is 1.68. The molecule has 0 radical (unpaired) electrons. The van der Waals surface area contributed by atoms with Crippen LogP contribution in [-0.4, -0.2) is 44.4 Å². The third-order valence-corrected chi connectivity index (χ3v) is 2.63. The van der Waals surface area contributed by atoms with Crippen LogP contribution in [0.5, 0.6) is 0 Å². The van der Waals surface area contributed by atoms with E-state index in [2.05, 4.69) is 16.5 Å². The average Bonchev–Trinajstić information content (AvgIpc) is 3.00. The predicted octanol–water partition coefficient (Wildman–Crippen LogP) is 0.899. The Morgan fingerprint density at radius 1 is 1.65 bits per heavy atom. The Morgan fingerprint density at radius 2 is 2.35 bits per heavy atom. The summed E-state index contributed by atoms with van der Waals surface area (Å²) in [5.41, 5.74) is -0.198. The monoisotopic (exact) mass is 235 g/mol. The summed E-state index contributed by atoms with van der Waals surface area (Å²) in [5.74, 6) is -1.54. The first kappa shape index (κ1) is 11.4. The van der Waals surface area contributed by atoms with E-state index >= 15 is 0 Å². The standard InChI is InChI=1S/C11H13N3O3/c1-2-5-14(7-3-4-7)10(15)8-9(11(16)17)13-6-12-8/h2,6-7H,1,3-5H2,(H,12,13)(H,16,17). The Labute approximate surface area is 98.0 Å². The minimum atomic E-state index is -1.18. The van der Waals surface area contributed by atoms with Gasteiger partial charge < -0.3 is 15.0 Å². The number of carboxylic acid groups (broad SMARTS) is 1. The van der Waals surface area contributed by atoms with Gasteiger partial charge in [0.25, 0.3) is 5.91 Å². The molecule has 0 aliphatic heterocycles. The highest BCUT2D eigenvalue weighted by Gasteiger charge is 2.34. The summed E-state index contributed by atoms with van der Waals surface area (Å²) in [4.78, 5) is 30.9. The van der Waals surface area contributed by atoms with Crippen molar-refractivity contribution in [1.82, 2.24) is 14.9 Å². The van der Waals surface area contributed by atoms with Crippen LogP contribution >= 0.6 is 0 Å². The zero-order valence-corrected chi connectivity index (χ0v) is 9.22. The van der Waals surface area contributed by atoms with Gasteiger partial charge in [-0.1, -0.05) is 6.08 Å². The average molecular weight is 235 g/mol. The number of H-pyrrole nitrogens is 1. The van der Waals surface area contributed by atoms with Gasteiger partial charge in [0.15, 0.2) is 11.4 Å². The number of carbonyl (C=O) groups is 2. The van der Waals surface area contributed by atoms with Gasteiger partial charge in [-0.15, -0.1) is 6.58 Å². The zero-order valence-electron chi connectivity index (χ0n) is 9.22. The number of nitrogens with zero attached hydrogens (tertiary/aromatic N) is 2. The van der Waals surface area contributed by atoms with E-state index in [1.807, 2.05) is 0 Å². The summed E-state index contributed by atoms with van der Waals surface area (Å²) in [6, 6.07) is 0.193. The molecule has 0 spiro atoms. The van der Waals surface area contributed by atoms with Crippen LogP contribution in [0.2, 0.25) is 0 Å². The van der Waals surface area contributed by atoms with Gasteiger partial charge in [-0.05, 0) is 12.8 Å². The van der Waals surface area contributed by atoms with Crippen LogP contribution in [0, 0.1) is 0 Å². The Kier molecular flexibility index (Phi) is 2.95. The molecule has 1 heterocycles. The summed E-state index contributed by atoms with van der Waals surface area (Å²) >= 11 is 0. The number of carbonyl (C=O) groups excluding carboxylic acids is 1. The third kappa shape index (κ3) is 2.20. The fourth-order valence-corrected chi connectivity index (χ4v) is 1.68. The van der Waals surface area contributed by atoms with Crippen molar-refractivity contribution in [2.24, 2.45) is 0 Å². The quantitative estimate of drug-likeness (QED) is 0.742. The van der Waals surface area contributed by atoms with Crippen molar-refractivity contribution in [3.8, 4) is 0 Å². The number of hydrogen-bond acceptors (Lipinski definition) is 3. The fraction of sp³-hybridized carbons (Fsp3) is 0.364. The lowest BCUT2D eigenvalue weighted by Crippen LogP contribution is -2.34. The number of aromatic amines is 1. The molecule has 0 saturated heterocycles. The highest BCUT2D eigenvalue weighted by atomic mass is 16.4. The molecule has 1 aromatic heterocycles. The molecule has 0 aromatic carbocycles. The molecule has 1 aliphatic rings. The van der Waals surface area contributed by atoms with Gasteiger partial charge in [0.2, 0.25) is 0 Å². The summed E-state index contributed by atoms with van der Waals surface area (Å²) in [7, 11) is 0. The molecular weight excluding hydrogens is 222 g/mol. The van der Waals surface area contributed by atoms with E-state index in [-0.39, 0.29) is 23.3 Å². The minimum absolute atomic E-state index is 0.0359. The van der Waals surface area contributed by atoms with Crippen LogP contribution in [0.25, 0.3) is 0 Å². The largest absolute Gasteiger partial charge is 0.477 e. The van der Waals surface area contributed by atoms with Gasteiger partial charge >= 0.3 is 5.97 Å². The van der Waals surface area contributed by atoms with Gasteiger partial charge in [0.1, 0.15) is 0 Å². The molecule has 1 aliphatic carbocycles. The maximum atomic E-state index is 12.1. The van der Waals surface area contributed by atoms with Crippen molar-refractivity contribution >= 4 is 11.9 Å². The minimum Gasteiger partial charge on any atom is -0.477 e. The van der Waals surface area contributed by atoms with E-state index in [4.69, 9.17) is 5.11 Å². The molecule has 6 heteroatoms. The van der Waals surface area contributed by atoms with E-state index in [9.17, 15) is 9.59 Å². The summed E-state index contributed by atoms with van der Waals surface area (Å²) < 4.78 is 0. The molecule has 0 atom stereocenters. The summed E-state index contributed by atoms with van der Waals surface area (Å²) in [5, 5.41) is 8.91. The molecule has 6 nitrogen and oxygen atoms in total. The zero-order chi connectivity index (χ0) is 12.4.